The summed E-state index contributed by atoms with van der Waals surface area (Å²) in [6.07, 6.45) is 0. The summed E-state index contributed by atoms with van der Waals surface area (Å²) in [5, 5.41) is 0. The topological polar surface area (TPSA) is 0 Å². The second-order valence-corrected chi connectivity index (χ2v) is 0. The van der Waals surface area contributed by atoms with E-state index in [1.54, 1.807) is 0 Å². The quantitative estimate of drug-likeness (QED) is 0.367. The maximum atomic E-state index is 2.76. The summed E-state index contributed by atoms with van der Waals surface area (Å²) in [4.78, 5) is 0. The molecule has 0 aliphatic heterocycles. The van der Waals surface area contributed by atoms with Gasteiger partial charge in [0.05, 0.1) is 0 Å². The Morgan fingerprint density at radius 3 is 1.25 bits per heavy atom. The predicted molar refractivity (Wildman–Crippen MR) is 23.0 cm³/mol. The van der Waals surface area contributed by atoms with Crippen LogP contribution in [0.4, 0.5) is 0 Å². The van der Waals surface area contributed by atoms with E-state index >= 15 is 0 Å². The molecule has 0 aromatic rings. The molecule has 0 aromatic heterocycles. The van der Waals surface area contributed by atoms with Crippen LogP contribution in [0.25, 0.3) is 0 Å². The SMILES string of the molecule is [Se]=[Pb].[Se]=[Sn]. The number of hydrogen-bond acceptors (Lipinski definition) is 0. The van der Waals surface area contributed by atoms with Gasteiger partial charge in [-0.3, -0.25) is 0 Å². The Hall–Kier alpha value is 2.76. The van der Waals surface area contributed by atoms with Crippen LogP contribution in [0.15, 0.2) is 0 Å². The predicted octanol–water partition coefficient (Wildman–Crippen LogP) is -1.52. The summed E-state index contributed by atoms with van der Waals surface area (Å²) in [6, 6.07) is 0. The van der Waals surface area contributed by atoms with Crippen LogP contribution < -0.4 is 0 Å². The molecule has 20 valence electrons. The normalized spacial score (nSPS) is 2.00. The van der Waals surface area contributed by atoms with Crippen LogP contribution in [0.2, 0.25) is 0 Å². The van der Waals surface area contributed by atoms with E-state index in [1.165, 1.54) is 42.4 Å². The van der Waals surface area contributed by atoms with E-state index in [4.69, 9.17) is 0 Å². The molecule has 0 N–H and O–H groups in total. The minimum atomic E-state index is 1.18. The molecule has 4 heteroatoms. The molecule has 0 aromatic carbocycles. The molecular weight excluding hydrogens is 484 g/mol. The average molecular weight is 484 g/mol. The van der Waals surface area contributed by atoms with Crippen molar-refractivity contribution in [3.63, 3.8) is 0 Å². The summed E-state index contributed by atoms with van der Waals surface area (Å²) in [7, 11) is 0. The first kappa shape index (κ1) is 9.90. The summed E-state index contributed by atoms with van der Waals surface area (Å²) in [6.45, 7) is 0. The summed E-state index contributed by atoms with van der Waals surface area (Å²) in [5.41, 5.74) is 0. The summed E-state index contributed by atoms with van der Waals surface area (Å²) < 4.78 is 0. The van der Waals surface area contributed by atoms with Crippen LogP contribution in [0, 0.1) is 0 Å². The summed E-state index contributed by atoms with van der Waals surface area (Å²) >= 11 is 8.08. The van der Waals surface area contributed by atoms with E-state index in [0.29, 0.717) is 0 Å². The Morgan fingerprint density at radius 1 is 1.25 bits per heavy atom. The third-order valence-corrected chi connectivity index (χ3v) is 0. The molecule has 0 atom stereocenters. The van der Waals surface area contributed by atoms with Crippen molar-refractivity contribution in [1.82, 2.24) is 0 Å². The van der Waals surface area contributed by atoms with Gasteiger partial charge in [0.25, 0.3) is 0 Å². The van der Waals surface area contributed by atoms with Crippen LogP contribution in [-0.2, 0) is 0 Å². The standard InChI is InChI=1S/Pb.2Se.Sn. The Labute approximate surface area is 64.7 Å². The van der Waals surface area contributed by atoms with E-state index in [0.717, 1.165) is 0 Å². The first-order valence-corrected chi connectivity index (χ1v) is 16.4. The Morgan fingerprint density at radius 2 is 1.25 bits per heavy atom. The molecule has 4 heavy (non-hydrogen) atoms. The van der Waals surface area contributed by atoms with E-state index in [9.17, 15) is 0 Å². The van der Waals surface area contributed by atoms with Gasteiger partial charge in [-0.2, -0.15) is 0 Å². The van der Waals surface area contributed by atoms with Gasteiger partial charge in [-0.15, -0.1) is 0 Å². The number of hydrogen-bond donors (Lipinski definition) is 0. The average Bonchev–Trinajstić information content (AvgIpc) is 1.50. The molecule has 0 saturated heterocycles. The summed E-state index contributed by atoms with van der Waals surface area (Å²) in [5.74, 6) is 0. The third kappa shape index (κ3) is 8.83. The van der Waals surface area contributed by atoms with Gasteiger partial charge in [0.15, 0.2) is 0 Å². The van der Waals surface area contributed by atoms with Gasteiger partial charge in [0.2, 0.25) is 0 Å². The van der Waals surface area contributed by atoms with Crippen molar-refractivity contribution in [2.45, 2.75) is 0 Å². The van der Waals surface area contributed by atoms with E-state index < -0.39 is 0 Å². The van der Waals surface area contributed by atoms with Crippen molar-refractivity contribution in [2.24, 2.45) is 0 Å². The molecular formula is PbSe2Sn. The molecule has 0 amide bonds. The zero-order chi connectivity index (χ0) is 4.00. The molecule has 4 radical (unpaired) electrons. The Kier molecular flexibility index (Phi) is 42.4. The molecule has 0 unspecified atom stereocenters. The van der Waals surface area contributed by atoms with Crippen LogP contribution in [0.1, 0.15) is 0 Å². The molecule has 0 rings (SSSR count). The van der Waals surface area contributed by atoms with Gasteiger partial charge in [0.1, 0.15) is 0 Å². The van der Waals surface area contributed by atoms with E-state index in [1.807, 2.05) is 0 Å². The fourth-order valence-electron chi connectivity index (χ4n) is 0. The van der Waals surface area contributed by atoms with E-state index in [-0.39, 0.29) is 0 Å². The minimum absolute atomic E-state index is 1.18. The van der Waals surface area contributed by atoms with E-state index in [2.05, 4.69) is 23.7 Å². The van der Waals surface area contributed by atoms with Gasteiger partial charge in [0, 0.05) is 0 Å². The second-order valence-electron chi connectivity index (χ2n) is 0. The van der Waals surface area contributed by atoms with Gasteiger partial charge in [-0.25, -0.2) is 0 Å². The zero-order valence-electron chi connectivity index (χ0n) is 1.82. The van der Waals surface area contributed by atoms with Crippen molar-refractivity contribution in [3.05, 3.63) is 0 Å². The van der Waals surface area contributed by atoms with Crippen LogP contribution >= 0.6 is 0 Å². The first-order chi connectivity index (χ1) is 2.00. The van der Waals surface area contributed by atoms with Crippen LogP contribution in [0.5, 0.6) is 0 Å². The molecule has 0 nitrogen and oxygen atoms in total. The molecule has 0 aliphatic rings. The molecule has 0 bridgehead atoms. The molecule has 0 heterocycles. The van der Waals surface area contributed by atoms with Crippen molar-refractivity contribution >= 4 is 66.1 Å². The van der Waals surface area contributed by atoms with Gasteiger partial charge < -0.3 is 0 Å². The van der Waals surface area contributed by atoms with Crippen molar-refractivity contribution < 1.29 is 0 Å². The van der Waals surface area contributed by atoms with Gasteiger partial charge >= 0.3 is 66.1 Å². The van der Waals surface area contributed by atoms with Crippen molar-refractivity contribution in [2.75, 3.05) is 0 Å². The van der Waals surface area contributed by atoms with Crippen LogP contribution in [0.3, 0.4) is 0 Å². The van der Waals surface area contributed by atoms with Gasteiger partial charge in [-0.05, 0) is 0 Å². The fourth-order valence-corrected chi connectivity index (χ4v) is 0. The Balaban J connectivity index is 0. The fraction of sp³-hybridized carbons (Fsp3) is 0. The van der Waals surface area contributed by atoms with Crippen molar-refractivity contribution in [3.8, 4) is 0 Å². The first-order valence-electron chi connectivity index (χ1n) is 0.408. The number of rotatable bonds is 0. The van der Waals surface area contributed by atoms with Gasteiger partial charge in [-0.1, -0.05) is 0 Å². The molecule has 0 spiro atoms. The molecule has 0 saturated carbocycles. The maximum absolute atomic E-state index is 2.76. The third-order valence-electron chi connectivity index (χ3n) is 0. The molecule has 0 fully saturated rings. The Bertz CT molecular complexity index is 8.00. The monoisotopic (exact) mass is 488 g/mol. The van der Waals surface area contributed by atoms with Crippen molar-refractivity contribution in [1.29, 1.82) is 0 Å². The zero-order valence-corrected chi connectivity index (χ0v) is 12.0. The molecule has 0 aliphatic carbocycles. The van der Waals surface area contributed by atoms with Crippen LogP contribution in [-0.4, -0.2) is 66.1 Å². The second kappa shape index (κ2) is 17.1.